The van der Waals surface area contributed by atoms with Crippen molar-refractivity contribution in [1.29, 1.82) is 0 Å². The number of hydrogen-bond donors (Lipinski definition) is 0. The van der Waals surface area contributed by atoms with E-state index in [9.17, 15) is 0 Å². The van der Waals surface area contributed by atoms with Crippen LogP contribution in [0.1, 0.15) is 78.6 Å². The monoisotopic (exact) mass is 266 g/mol. The minimum Gasteiger partial charge on any atom is -0.379 e. The van der Waals surface area contributed by atoms with E-state index in [1.165, 1.54) is 57.8 Å². The third-order valence-corrected chi connectivity index (χ3v) is 5.77. The van der Waals surface area contributed by atoms with Gasteiger partial charge in [0, 0.05) is 6.61 Å². The van der Waals surface area contributed by atoms with E-state index in [0.29, 0.717) is 6.10 Å². The minimum atomic E-state index is 0.577. The molecule has 2 rings (SSSR count). The molecule has 0 heterocycles. The first-order chi connectivity index (χ1) is 9.24. The van der Waals surface area contributed by atoms with E-state index in [1.807, 2.05) is 0 Å². The Morgan fingerprint density at radius 2 is 1.68 bits per heavy atom. The number of ether oxygens (including phenoxy) is 1. The highest BCUT2D eigenvalue weighted by atomic mass is 16.5. The molecule has 2 fully saturated rings. The normalized spacial score (nSPS) is 40.3. The Balaban J connectivity index is 1.77. The van der Waals surface area contributed by atoms with E-state index in [-0.39, 0.29) is 0 Å². The van der Waals surface area contributed by atoms with E-state index in [0.717, 1.165) is 30.3 Å². The number of rotatable bonds is 5. The van der Waals surface area contributed by atoms with Crippen LogP contribution in [0.15, 0.2) is 0 Å². The lowest BCUT2D eigenvalue weighted by Crippen LogP contribution is -2.33. The second-order valence-corrected chi connectivity index (χ2v) is 7.10. The fourth-order valence-corrected chi connectivity index (χ4v) is 4.82. The lowest BCUT2D eigenvalue weighted by Gasteiger charge is -2.41. The highest BCUT2D eigenvalue weighted by Crippen LogP contribution is 2.44. The maximum absolute atomic E-state index is 5.79. The summed E-state index contributed by atoms with van der Waals surface area (Å²) in [7, 11) is 0. The van der Waals surface area contributed by atoms with Gasteiger partial charge in [-0.05, 0) is 69.1 Å². The van der Waals surface area contributed by atoms with Crippen LogP contribution in [0.4, 0.5) is 0 Å². The van der Waals surface area contributed by atoms with Crippen LogP contribution in [-0.4, -0.2) is 12.7 Å². The molecule has 0 radical (unpaired) electrons. The van der Waals surface area contributed by atoms with Crippen LogP contribution in [0.25, 0.3) is 0 Å². The van der Waals surface area contributed by atoms with Crippen molar-refractivity contribution >= 4 is 0 Å². The van der Waals surface area contributed by atoms with Gasteiger partial charge in [-0.15, -0.1) is 0 Å². The molecular formula is C18H34O. The average molecular weight is 266 g/mol. The first kappa shape index (κ1) is 15.4. The maximum Gasteiger partial charge on any atom is 0.0575 e. The standard InChI is InChI=1S/C18H34O/c1-4-6-15-7-12-18(14(3)13-15)16-8-10-17(11-9-16)19-5-2/h14-18H,4-13H2,1-3H3. The third-order valence-electron chi connectivity index (χ3n) is 5.77. The fraction of sp³-hybridized carbons (Fsp3) is 1.00. The summed E-state index contributed by atoms with van der Waals surface area (Å²) < 4.78 is 5.79. The molecule has 3 atom stereocenters. The lowest BCUT2D eigenvalue weighted by molar-refractivity contribution is 0.00592. The van der Waals surface area contributed by atoms with Gasteiger partial charge in [0.25, 0.3) is 0 Å². The molecule has 0 aliphatic heterocycles. The largest absolute Gasteiger partial charge is 0.379 e. The van der Waals surface area contributed by atoms with Crippen molar-refractivity contribution in [3.63, 3.8) is 0 Å². The van der Waals surface area contributed by atoms with Crippen LogP contribution in [-0.2, 0) is 4.74 Å². The Bertz CT molecular complexity index is 242. The van der Waals surface area contributed by atoms with Crippen LogP contribution in [0, 0.1) is 23.7 Å². The second kappa shape index (κ2) is 7.67. The smallest absolute Gasteiger partial charge is 0.0575 e. The summed E-state index contributed by atoms with van der Waals surface area (Å²) in [5.41, 5.74) is 0. The van der Waals surface area contributed by atoms with Crippen molar-refractivity contribution in [2.45, 2.75) is 84.7 Å². The van der Waals surface area contributed by atoms with Gasteiger partial charge in [0.1, 0.15) is 0 Å². The topological polar surface area (TPSA) is 9.23 Å². The van der Waals surface area contributed by atoms with Crippen LogP contribution in [0.2, 0.25) is 0 Å². The van der Waals surface area contributed by atoms with Crippen LogP contribution < -0.4 is 0 Å². The SMILES string of the molecule is CCCC1CCC(C2CCC(OCC)CC2)C(C)C1. The highest BCUT2D eigenvalue weighted by Gasteiger charge is 2.34. The molecule has 0 spiro atoms. The minimum absolute atomic E-state index is 0.577. The summed E-state index contributed by atoms with van der Waals surface area (Å²) in [4.78, 5) is 0. The van der Waals surface area contributed by atoms with Gasteiger partial charge in [0.15, 0.2) is 0 Å². The molecule has 0 saturated heterocycles. The van der Waals surface area contributed by atoms with E-state index < -0.39 is 0 Å². The van der Waals surface area contributed by atoms with E-state index in [4.69, 9.17) is 4.74 Å². The van der Waals surface area contributed by atoms with Gasteiger partial charge in [-0.25, -0.2) is 0 Å². The quantitative estimate of drug-likeness (QED) is 0.644. The first-order valence-electron chi connectivity index (χ1n) is 8.86. The summed E-state index contributed by atoms with van der Waals surface area (Å²) >= 11 is 0. The van der Waals surface area contributed by atoms with Gasteiger partial charge in [-0.2, -0.15) is 0 Å². The van der Waals surface area contributed by atoms with E-state index in [2.05, 4.69) is 20.8 Å². The fourth-order valence-electron chi connectivity index (χ4n) is 4.82. The molecule has 0 aromatic heterocycles. The third kappa shape index (κ3) is 4.21. The molecule has 2 aliphatic carbocycles. The van der Waals surface area contributed by atoms with Gasteiger partial charge < -0.3 is 4.74 Å². The van der Waals surface area contributed by atoms with Crippen LogP contribution >= 0.6 is 0 Å². The Labute approximate surface area is 120 Å². The van der Waals surface area contributed by atoms with Crippen molar-refractivity contribution in [3.8, 4) is 0 Å². The van der Waals surface area contributed by atoms with Crippen molar-refractivity contribution in [3.05, 3.63) is 0 Å². The number of hydrogen-bond acceptors (Lipinski definition) is 1. The van der Waals surface area contributed by atoms with Gasteiger partial charge in [0.2, 0.25) is 0 Å². The Morgan fingerprint density at radius 1 is 0.947 bits per heavy atom. The van der Waals surface area contributed by atoms with Gasteiger partial charge in [-0.3, -0.25) is 0 Å². The molecule has 19 heavy (non-hydrogen) atoms. The van der Waals surface area contributed by atoms with Gasteiger partial charge in [0.05, 0.1) is 6.10 Å². The Morgan fingerprint density at radius 3 is 2.26 bits per heavy atom. The first-order valence-corrected chi connectivity index (χ1v) is 8.86. The predicted octanol–water partition coefficient (Wildman–Crippen LogP) is 5.43. The summed E-state index contributed by atoms with van der Waals surface area (Å²) in [6.07, 6.45) is 13.4. The highest BCUT2D eigenvalue weighted by molar-refractivity contribution is 4.85. The molecular weight excluding hydrogens is 232 g/mol. The lowest BCUT2D eigenvalue weighted by atomic mass is 9.65. The second-order valence-electron chi connectivity index (χ2n) is 7.10. The van der Waals surface area contributed by atoms with Crippen molar-refractivity contribution < 1.29 is 4.74 Å². The Kier molecular flexibility index (Phi) is 6.19. The van der Waals surface area contributed by atoms with Crippen molar-refractivity contribution in [2.75, 3.05) is 6.61 Å². The maximum atomic E-state index is 5.79. The molecule has 1 heteroatoms. The molecule has 0 aromatic rings. The van der Waals surface area contributed by atoms with Crippen LogP contribution in [0.3, 0.4) is 0 Å². The summed E-state index contributed by atoms with van der Waals surface area (Å²) in [6.45, 7) is 7.89. The molecule has 112 valence electrons. The summed E-state index contributed by atoms with van der Waals surface area (Å²) in [6, 6.07) is 0. The van der Waals surface area contributed by atoms with Gasteiger partial charge >= 0.3 is 0 Å². The van der Waals surface area contributed by atoms with E-state index >= 15 is 0 Å². The van der Waals surface area contributed by atoms with Gasteiger partial charge in [-0.1, -0.05) is 33.1 Å². The zero-order valence-electron chi connectivity index (χ0n) is 13.4. The Hall–Kier alpha value is -0.0400. The van der Waals surface area contributed by atoms with E-state index in [1.54, 1.807) is 0 Å². The molecule has 1 nitrogen and oxygen atoms in total. The molecule has 0 bridgehead atoms. The molecule has 2 aliphatic rings. The zero-order valence-corrected chi connectivity index (χ0v) is 13.4. The summed E-state index contributed by atoms with van der Waals surface area (Å²) in [5.74, 6) is 4.04. The van der Waals surface area contributed by atoms with Crippen molar-refractivity contribution in [2.24, 2.45) is 23.7 Å². The van der Waals surface area contributed by atoms with Crippen molar-refractivity contribution in [1.82, 2.24) is 0 Å². The predicted molar refractivity (Wildman–Crippen MR) is 82.3 cm³/mol. The zero-order chi connectivity index (χ0) is 13.7. The molecule has 0 aromatic carbocycles. The summed E-state index contributed by atoms with van der Waals surface area (Å²) in [5, 5.41) is 0. The van der Waals surface area contributed by atoms with Crippen LogP contribution in [0.5, 0.6) is 0 Å². The molecule has 0 N–H and O–H groups in total. The molecule has 2 saturated carbocycles. The molecule has 0 amide bonds. The molecule has 3 unspecified atom stereocenters. The average Bonchev–Trinajstić information content (AvgIpc) is 2.41.